The van der Waals surface area contributed by atoms with Crippen molar-refractivity contribution in [3.05, 3.63) is 68.8 Å². The largest absolute Gasteiger partial charge is 0.507 e. The number of aliphatic carboxylic acids is 1. The number of carbonyl (C=O) groups excluding carboxylic acids is 3. The number of carboxylic acids is 1. The molecule has 0 spiro atoms. The molecule has 0 radical (unpaired) electrons. The minimum absolute atomic E-state index is 0.0487. The minimum atomic E-state index is -2.02. The van der Waals surface area contributed by atoms with Gasteiger partial charge >= 0.3 is 5.97 Å². The quantitative estimate of drug-likeness (QED) is 0.0777. The molecule has 14 N–H and O–H groups in total. The Bertz CT molecular complexity index is 2480. The highest BCUT2D eigenvalue weighted by molar-refractivity contribution is 6.31. The fourth-order valence-corrected chi connectivity index (χ4v) is 8.76. The van der Waals surface area contributed by atoms with Crippen molar-refractivity contribution in [3.63, 3.8) is 0 Å². The number of aromatic hydroxyl groups is 3. The molecule has 0 bridgehead atoms. The summed E-state index contributed by atoms with van der Waals surface area (Å²) in [5, 5.41) is 142. The molecule has 24 heteroatoms. The second kappa shape index (κ2) is 17.7. The number of hydrogen-bond acceptors (Lipinski definition) is 22. The summed E-state index contributed by atoms with van der Waals surface area (Å²) < 4.78 is 33.8. The molecule has 3 aliphatic heterocycles. The number of carboxylic acid groups (broad SMARTS) is 1. The number of aliphatic hydroxyl groups is 9. The van der Waals surface area contributed by atoms with Gasteiger partial charge in [0.25, 0.3) is 5.91 Å². The predicted octanol–water partition coefficient (Wildman–Crippen LogP) is -3.42. The average molecular weight is 932 g/mol. The molecule has 5 aliphatic rings. The SMILES string of the molecule is Cc1cc2c(c(O)c1C(=O)NCC(=O)O)-c1c(cc3c(c1O)C(=O)c1cc(O[C@H]4OC[C@H](O)[C@@H](O)[C@@H]4O)cc(O)c1C3=O)[C@H](O)[C@H]2O[C@@H]1O[C@H](C)[C@H](O)[C@H](O[C@@H]2OC[C@@H](O)[C@H](O)[C@H]2O)[C@H]1O. The van der Waals surface area contributed by atoms with Crippen molar-refractivity contribution in [2.24, 2.45) is 0 Å². The van der Waals surface area contributed by atoms with Crippen molar-refractivity contribution in [3.8, 4) is 34.1 Å². The van der Waals surface area contributed by atoms with Crippen LogP contribution in [0.1, 0.15) is 78.0 Å². The zero-order valence-corrected chi connectivity index (χ0v) is 34.5. The van der Waals surface area contributed by atoms with Crippen molar-refractivity contribution >= 4 is 23.4 Å². The minimum Gasteiger partial charge on any atom is -0.507 e. The van der Waals surface area contributed by atoms with Crippen LogP contribution in [0.15, 0.2) is 24.3 Å². The van der Waals surface area contributed by atoms with Crippen LogP contribution in [-0.2, 0) is 28.5 Å². The first kappa shape index (κ1) is 47.1. The van der Waals surface area contributed by atoms with Gasteiger partial charge in [0.05, 0.1) is 36.0 Å². The van der Waals surface area contributed by atoms with Gasteiger partial charge in [-0.25, -0.2) is 0 Å². The lowest BCUT2D eigenvalue weighted by Crippen LogP contribution is -2.62. The van der Waals surface area contributed by atoms with E-state index in [1.165, 1.54) is 19.9 Å². The molecule has 3 saturated heterocycles. The van der Waals surface area contributed by atoms with Gasteiger partial charge < -0.3 is 100 Å². The smallest absolute Gasteiger partial charge is 0.322 e. The third-order valence-electron chi connectivity index (χ3n) is 12.2. The number of hydrogen-bond donors (Lipinski definition) is 14. The number of nitrogens with one attached hydrogen (secondary N) is 1. The van der Waals surface area contributed by atoms with Crippen LogP contribution in [0.4, 0.5) is 0 Å². The molecule has 3 fully saturated rings. The van der Waals surface area contributed by atoms with Gasteiger partial charge in [-0.1, -0.05) is 6.07 Å². The molecule has 2 aliphatic carbocycles. The molecule has 0 unspecified atom stereocenters. The number of aryl methyl sites for hydroxylation is 1. The number of ketones is 2. The van der Waals surface area contributed by atoms with E-state index in [1.54, 1.807) is 0 Å². The molecule has 0 aromatic heterocycles. The monoisotopic (exact) mass is 931 g/mol. The maximum Gasteiger partial charge on any atom is 0.322 e. The Labute approximate surface area is 370 Å². The van der Waals surface area contributed by atoms with Crippen molar-refractivity contribution < 1.29 is 114 Å². The maximum absolute atomic E-state index is 14.4. The third-order valence-corrected chi connectivity index (χ3v) is 12.2. The van der Waals surface area contributed by atoms with E-state index in [0.717, 1.165) is 18.2 Å². The van der Waals surface area contributed by atoms with E-state index in [2.05, 4.69) is 5.32 Å². The number of rotatable bonds is 9. The van der Waals surface area contributed by atoms with E-state index in [9.17, 15) is 85.6 Å². The summed E-state index contributed by atoms with van der Waals surface area (Å²) in [6.45, 7) is 0.799. The lowest BCUT2D eigenvalue weighted by atomic mass is 9.74. The van der Waals surface area contributed by atoms with Crippen LogP contribution in [-0.4, -0.2) is 189 Å². The first-order chi connectivity index (χ1) is 31.1. The van der Waals surface area contributed by atoms with E-state index in [0.29, 0.717) is 0 Å². The van der Waals surface area contributed by atoms with Gasteiger partial charge in [-0.05, 0) is 42.7 Å². The highest BCUT2D eigenvalue weighted by Crippen LogP contribution is 2.57. The first-order valence-electron chi connectivity index (χ1n) is 20.3. The van der Waals surface area contributed by atoms with Crippen LogP contribution in [0.2, 0.25) is 0 Å². The number of phenolic OH excluding ortho intramolecular Hbond substituents is 3. The van der Waals surface area contributed by atoms with E-state index in [1.807, 2.05) is 0 Å². The topological polar surface area (TPSA) is 399 Å². The molecule has 356 valence electrons. The molecular weight excluding hydrogens is 886 g/mol. The molecule has 24 nitrogen and oxygen atoms in total. The summed E-state index contributed by atoms with van der Waals surface area (Å²) in [4.78, 5) is 53.4. The highest BCUT2D eigenvalue weighted by Gasteiger charge is 2.51. The Morgan fingerprint density at radius 2 is 1.27 bits per heavy atom. The normalized spacial score (nSPS) is 33.8. The molecule has 8 rings (SSSR count). The molecule has 15 atom stereocenters. The van der Waals surface area contributed by atoms with Crippen molar-refractivity contribution in [1.82, 2.24) is 5.32 Å². The summed E-state index contributed by atoms with van der Waals surface area (Å²) in [7, 11) is 0. The zero-order chi connectivity index (χ0) is 48.0. The predicted molar refractivity (Wildman–Crippen MR) is 211 cm³/mol. The average Bonchev–Trinajstić information content (AvgIpc) is 3.26. The van der Waals surface area contributed by atoms with Crippen LogP contribution < -0.4 is 10.1 Å². The van der Waals surface area contributed by atoms with Crippen molar-refractivity contribution in [2.45, 2.75) is 106 Å². The third kappa shape index (κ3) is 7.82. The molecular formula is C42H45NO23. The van der Waals surface area contributed by atoms with Gasteiger partial charge in [0, 0.05) is 28.3 Å². The van der Waals surface area contributed by atoms with Crippen LogP contribution >= 0.6 is 0 Å². The molecule has 1 amide bonds. The summed E-state index contributed by atoms with van der Waals surface area (Å²) in [6, 6.07) is 4.04. The van der Waals surface area contributed by atoms with Crippen LogP contribution in [0, 0.1) is 6.92 Å². The molecule has 3 heterocycles. The second-order valence-corrected chi connectivity index (χ2v) is 16.5. The summed E-state index contributed by atoms with van der Waals surface area (Å²) in [5.74, 6) is -7.93. The summed E-state index contributed by atoms with van der Waals surface area (Å²) >= 11 is 0. The summed E-state index contributed by atoms with van der Waals surface area (Å²) in [5.41, 5.74) is -4.69. The van der Waals surface area contributed by atoms with Crippen LogP contribution in [0.25, 0.3) is 11.1 Å². The second-order valence-electron chi connectivity index (χ2n) is 16.5. The van der Waals surface area contributed by atoms with Gasteiger partial charge in [-0.15, -0.1) is 0 Å². The number of ether oxygens (including phenoxy) is 6. The lowest BCUT2D eigenvalue weighted by Gasteiger charge is -2.45. The van der Waals surface area contributed by atoms with E-state index in [-0.39, 0.29) is 16.9 Å². The number of aliphatic hydroxyl groups excluding tert-OH is 9. The molecule has 3 aromatic carbocycles. The van der Waals surface area contributed by atoms with E-state index < -0.39 is 197 Å². The Hall–Kier alpha value is -5.42. The number of fused-ring (bicyclic) bond motifs is 5. The van der Waals surface area contributed by atoms with Gasteiger partial charge in [0.15, 0.2) is 24.1 Å². The van der Waals surface area contributed by atoms with E-state index in [4.69, 9.17) is 28.4 Å². The zero-order valence-electron chi connectivity index (χ0n) is 34.5. The van der Waals surface area contributed by atoms with E-state index >= 15 is 0 Å². The number of amides is 1. The Kier molecular flexibility index (Phi) is 12.6. The first-order valence-corrected chi connectivity index (χ1v) is 20.3. The number of benzene rings is 3. The fourth-order valence-electron chi connectivity index (χ4n) is 8.76. The molecule has 66 heavy (non-hydrogen) atoms. The molecule has 3 aromatic rings. The molecule has 0 saturated carbocycles. The summed E-state index contributed by atoms with van der Waals surface area (Å²) in [6.07, 6.45) is -25.6. The Balaban J connectivity index is 1.21. The highest BCUT2D eigenvalue weighted by atomic mass is 16.7. The van der Waals surface area contributed by atoms with Gasteiger partial charge in [-0.3, -0.25) is 19.2 Å². The fraction of sp³-hybridized carbons (Fsp3) is 0.476. The van der Waals surface area contributed by atoms with Crippen molar-refractivity contribution in [2.75, 3.05) is 19.8 Å². The van der Waals surface area contributed by atoms with Gasteiger partial charge in [-0.2, -0.15) is 0 Å². The standard InChI is InChI=1S/C42H45NO23/c1-10-3-16-24(32(55)21(10)39(60)43-7-20(47)48)23-14(29(52)37(16)65-42-36(59)38(26(49)11(2)63-42)66-41-35(58)31(54)19(46)9-62-41)6-15-25(33(23)56)28(51)13-4-12(5-17(44)22(13)27(15)50)64-40-34(57)30(53)18(45)8-61-40/h3-6,11,18-19,26,29-31,34-38,40-42,44-46,49,52-59H,7-9H2,1-2H3,(H,43,60)(H,47,48)/t11-,18+,19-,26+,29+,30-,31+,34+,35-,36-,37+,38+,40-,41+,42+/m1/s1. The number of carbonyl (C=O) groups is 4. The van der Waals surface area contributed by atoms with Gasteiger partial charge in [0.1, 0.15) is 96.7 Å². The van der Waals surface area contributed by atoms with Gasteiger partial charge in [0.2, 0.25) is 6.29 Å². The number of phenols is 3. The van der Waals surface area contributed by atoms with Crippen molar-refractivity contribution in [1.29, 1.82) is 0 Å². The Morgan fingerprint density at radius 1 is 0.682 bits per heavy atom. The Morgan fingerprint density at radius 3 is 1.92 bits per heavy atom. The maximum atomic E-state index is 14.4. The van der Waals surface area contributed by atoms with Crippen LogP contribution in [0.5, 0.6) is 23.0 Å². The van der Waals surface area contributed by atoms with Crippen LogP contribution in [0.3, 0.4) is 0 Å². The lowest BCUT2D eigenvalue weighted by molar-refractivity contribution is -0.353.